The molecule has 0 radical (unpaired) electrons. The summed E-state index contributed by atoms with van der Waals surface area (Å²) < 4.78 is 1.77. The van der Waals surface area contributed by atoms with Gasteiger partial charge in [-0.3, -0.25) is 4.68 Å². The van der Waals surface area contributed by atoms with E-state index in [9.17, 15) is 4.79 Å². The van der Waals surface area contributed by atoms with Crippen LogP contribution in [0.1, 0.15) is 17.2 Å². The number of aryl methyl sites for hydroxylation is 1. The predicted molar refractivity (Wildman–Crippen MR) is 98.1 cm³/mol. The van der Waals surface area contributed by atoms with E-state index in [-0.39, 0.29) is 12.1 Å². The Morgan fingerprint density at radius 3 is 2.54 bits per heavy atom. The first-order chi connectivity index (χ1) is 11.5. The molecule has 0 aliphatic carbocycles. The number of hydrogen-bond acceptors (Lipinski definition) is 4. The van der Waals surface area contributed by atoms with Crippen molar-refractivity contribution in [3.05, 3.63) is 47.8 Å². The quantitative estimate of drug-likeness (QED) is 0.754. The summed E-state index contributed by atoms with van der Waals surface area (Å²) in [5.41, 5.74) is 2.16. The summed E-state index contributed by atoms with van der Waals surface area (Å²) in [6.07, 6.45) is 5.85. The van der Waals surface area contributed by atoms with E-state index >= 15 is 0 Å². The van der Waals surface area contributed by atoms with Crippen molar-refractivity contribution < 1.29 is 4.79 Å². The lowest BCUT2D eigenvalue weighted by molar-refractivity contribution is 0.232. The monoisotopic (exact) mass is 347 g/mol. The van der Waals surface area contributed by atoms with Crippen LogP contribution in [0.15, 0.2) is 41.6 Å². The Balaban J connectivity index is 1.82. The van der Waals surface area contributed by atoms with Crippen LogP contribution in [0.3, 0.4) is 0 Å². The number of likely N-dealkylation sites (N-methyl/N-ethyl adjacent to an activating group) is 1. The molecular weight excluding hydrogens is 322 g/mol. The van der Waals surface area contributed by atoms with E-state index in [2.05, 4.69) is 32.8 Å². The molecule has 1 heterocycles. The third kappa shape index (κ3) is 5.28. The van der Waals surface area contributed by atoms with Crippen molar-refractivity contribution in [1.29, 1.82) is 0 Å². The number of hydrogen-bond donors (Lipinski definition) is 2. The second-order valence-corrected chi connectivity index (χ2v) is 6.72. The number of urea groups is 1. The second kappa shape index (κ2) is 8.75. The lowest BCUT2D eigenvalue weighted by Crippen LogP contribution is -2.40. The first-order valence-corrected chi connectivity index (χ1v) is 9.01. The molecule has 0 saturated carbocycles. The maximum atomic E-state index is 12.0. The highest BCUT2D eigenvalue weighted by molar-refractivity contribution is 7.98. The molecule has 1 atom stereocenters. The number of carbonyl (C=O) groups is 1. The first kappa shape index (κ1) is 18.4. The van der Waals surface area contributed by atoms with Gasteiger partial charge in [0.25, 0.3) is 0 Å². The van der Waals surface area contributed by atoms with E-state index in [4.69, 9.17) is 0 Å². The van der Waals surface area contributed by atoms with Gasteiger partial charge in [0, 0.05) is 36.8 Å². The summed E-state index contributed by atoms with van der Waals surface area (Å²) in [5, 5.41) is 10.0. The number of aromatic nitrogens is 2. The van der Waals surface area contributed by atoms with Gasteiger partial charge < -0.3 is 15.5 Å². The molecule has 0 aliphatic heterocycles. The molecule has 0 saturated heterocycles. The standard InChI is InChI=1S/C17H25N5OS/c1-21(2)16(14-10-20-22(3)12-14)11-19-17(23)18-9-13-5-7-15(24-4)8-6-13/h5-8,10,12,16H,9,11H2,1-4H3,(H2,18,19,23)/t16-/m0/s1. The van der Waals surface area contributed by atoms with Crippen LogP contribution < -0.4 is 10.6 Å². The highest BCUT2D eigenvalue weighted by atomic mass is 32.2. The highest BCUT2D eigenvalue weighted by Crippen LogP contribution is 2.16. The van der Waals surface area contributed by atoms with E-state index in [0.717, 1.165) is 11.1 Å². The number of rotatable bonds is 7. The molecule has 7 heteroatoms. The Morgan fingerprint density at radius 2 is 2.00 bits per heavy atom. The van der Waals surface area contributed by atoms with Gasteiger partial charge in [0.1, 0.15) is 0 Å². The van der Waals surface area contributed by atoms with Crippen molar-refractivity contribution in [2.45, 2.75) is 17.5 Å². The summed E-state index contributed by atoms with van der Waals surface area (Å²) in [7, 11) is 5.87. The van der Waals surface area contributed by atoms with Gasteiger partial charge in [-0.2, -0.15) is 5.10 Å². The van der Waals surface area contributed by atoms with Crippen molar-refractivity contribution in [3.8, 4) is 0 Å². The van der Waals surface area contributed by atoms with Gasteiger partial charge in [-0.1, -0.05) is 12.1 Å². The average molecular weight is 347 g/mol. The number of thioether (sulfide) groups is 1. The first-order valence-electron chi connectivity index (χ1n) is 7.79. The number of nitrogens with zero attached hydrogens (tertiary/aromatic N) is 3. The van der Waals surface area contributed by atoms with Crippen molar-refractivity contribution in [1.82, 2.24) is 25.3 Å². The molecule has 2 N–H and O–H groups in total. The van der Waals surface area contributed by atoms with Gasteiger partial charge >= 0.3 is 6.03 Å². The molecule has 2 aromatic rings. The molecule has 0 unspecified atom stereocenters. The molecular formula is C17H25N5OS. The van der Waals surface area contributed by atoms with Crippen LogP contribution in [0, 0.1) is 0 Å². The number of carbonyl (C=O) groups excluding carboxylic acids is 1. The Morgan fingerprint density at radius 1 is 1.29 bits per heavy atom. The van der Waals surface area contributed by atoms with E-state index in [1.165, 1.54) is 4.90 Å². The molecule has 130 valence electrons. The average Bonchev–Trinajstić information content (AvgIpc) is 2.99. The molecule has 0 spiro atoms. The van der Waals surface area contributed by atoms with Gasteiger partial charge in [0.15, 0.2) is 0 Å². The van der Waals surface area contributed by atoms with Crippen LogP contribution >= 0.6 is 11.8 Å². The minimum absolute atomic E-state index is 0.0883. The minimum Gasteiger partial charge on any atom is -0.336 e. The van der Waals surface area contributed by atoms with E-state index < -0.39 is 0 Å². The van der Waals surface area contributed by atoms with E-state index in [1.807, 2.05) is 51.9 Å². The van der Waals surface area contributed by atoms with E-state index in [0.29, 0.717) is 13.1 Å². The molecule has 24 heavy (non-hydrogen) atoms. The number of nitrogens with one attached hydrogen (secondary N) is 2. The molecule has 0 aliphatic rings. The maximum absolute atomic E-state index is 12.0. The Labute approximate surface area is 147 Å². The zero-order chi connectivity index (χ0) is 17.5. The number of benzene rings is 1. The van der Waals surface area contributed by atoms with Crippen molar-refractivity contribution in [3.63, 3.8) is 0 Å². The smallest absolute Gasteiger partial charge is 0.315 e. The third-order valence-corrected chi connectivity index (χ3v) is 4.54. The van der Waals surface area contributed by atoms with Gasteiger partial charge in [0.05, 0.1) is 12.2 Å². The zero-order valence-electron chi connectivity index (χ0n) is 14.6. The second-order valence-electron chi connectivity index (χ2n) is 5.84. The summed E-state index contributed by atoms with van der Waals surface area (Å²) >= 11 is 1.70. The fourth-order valence-corrected chi connectivity index (χ4v) is 2.80. The summed E-state index contributed by atoms with van der Waals surface area (Å²) in [5.74, 6) is 0. The van der Waals surface area contributed by atoms with Crippen molar-refractivity contribution in [2.24, 2.45) is 7.05 Å². The largest absolute Gasteiger partial charge is 0.336 e. The summed E-state index contributed by atoms with van der Waals surface area (Å²) in [6.45, 7) is 1.04. The fraction of sp³-hybridized carbons (Fsp3) is 0.412. The lowest BCUT2D eigenvalue weighted by atomic mass is 10.1. The lowest BCUT2D eigenvalue weighted by Gasteiger charge is -2.23. The SMILES string of the molecule is CSc1ccc(CNC(=O)NC[C@@H](c2cnn(C)c2)N(C)C)cc1. The topological polar surface area (TPSA) is 62.2 Å². The van der Waals surface area contributed by atoms with Gasteiger partial charge in [-0.25, -0.2) is 4.79 Å². The molecule has 2 amide bonds. The summed E-state index contributed by atoms with van der Waals surface area (Å²) in [4.78, 5) is 15.3. The maximum Gasteiger partial charge on any atom is 0.315 e. The van der Waals surface area contributed by atoms with Crippen LogP contribution in [-0.2, 0) is 13.6 Å². The third-order valence-electron chi connectivity index (χ3n) is 3.80. The van der Waals surface area contributed by atoms with Gasteiger partial charge in [-0.05, 0) is 38.0 Å². The van der Waals surface area contributed by atoms with Crippen LogP contribution in [0.4, 0.5) is 4.79 Å². The van der Waals surface area contributed by atoms with Crippen LogP contribution in [0.25, 0.3) is 0 Å². The molecule has 1 aromatic heterocycles. The van der Waals surface area contributed by atoms with Gasteiger partial charge in [-0.15, -0.1) is 11.8 Å². The Kier molecular flexibility index (Phi) is 6.69. The fourth-order valence-electron chi connectivity index (χ4n) is 2.39. The normalized spacial score (nSPS) is 12.2. The van der Waals surface area contributed by atoms with Crippen LogP contribution in [0.5, 0.6) is 0 Å². The number of amides is 2. The molecule has 0 fully saturated rings. The van der Waals surface area contributed by atoms with E-state index in [1.54, 1.807) is 16.4 Å². The highest BCUT2D eigenvalue weighted by Gasteiger charge is 2.16. The predicted octanol–water partition coefficient (Wildman–Crippen LogP) is 2.24. The minimum atomic E-state index is -0.167. The Hall–Kier alpha value is -1.99. The molecule has 6 nitrogen and oxygen atoms in total. The van der Waals surface area contributed by atoms with Crippen molar-refractivity contribution >= 4 is 17.8 Å². The van der Waals surface area contributed by atoms with Crippen LogP contribution in [0.2, 0.25) is 0 Å². The van der Waals surface area contributed by atoms with Gasteiger partial charge in [0.2, 0.25) is 0 Å². The Bertz CT molecular complexity index is 653. The summed E-state index contributed by atoms with van der Waals surface area (Å²) in [6, 6.07) is 8.10. The molecule has 0 bridgehead atoms. The molecule has 2 rings (SSSR count). The van der Waals surface area contributed by atoms with Crippen molar-refractivity contribution in [2.75, 3.05) is 26.9 Å². The van der Waals surface area contributed by atoms with Crippen LogP contribution in [-0.4, -0.2) is 47.6 Å². The zero-order valence-corrected chi connectivity index (χ0v) is 15.4. The molecule has 1 aromatic carbocycles.